The van der Waals surface area contributed by atoms with Gasteiger partial charge in [-0.2, -0.15) is 0 Å². The topological polar surface area (TPSA) is 98.9 Å². The van der Waals surface area contributed by atoms with Crippen molar-refractivity contribution in [2.75, 3.05) is 13.2 Å². The fourth-order valence-electron chi connectivity index (χ4n) is 6.47. The summed E-state index contributed by atoms with van der Waals surface area (Å²) in [5, 5.41) is 9.98. The quantitative estimate of drug-likeness (QED) is 0.0655. The van der Waals surface area contributed by atoms with Crippen LogP contribution in [0.25, 0.3) is 11.1 Å². The summed E-state index contributed by atoms with van der Waals surface area (Å²) in [6.45, 7) is 2.93. The fourth-order valence-corrected chi connectivity index (χ4v) is 6.47. The fraction of sp³-hybridized carbons (Fsp3) is 0.500. The summed E-state index contributed by atoms with van der Waals surface area (Å²) in [6, 6.07) is 23.2. The van der Waals surface area contributed by atoms with Crippen LogP contribution >= 0.6 is 0 Å². The van der Waals surface area contributed by atoms with Gasteiger partial charge in [-0.3, -0.25) is 0 Å². The number of carboxylic acids is 1. The second-order valence-electron chi connectivity index (χ2n) is 12.9. The molecule has 0 unspecified atom stereocenters. The molecule has 0 aliphatic heterocycles. The van der Waals surface area contributed by atoms with Crippen LogP contribution in [0.1, 0.15) is 119 Å². The molecule has 0 saturated carbocycles. The molecule has 3 aromatic carbocycles. The zero-order valence-electron chi connectivity index (χ0n) is 27.7. The minimum Gasteiger partial charge on any atom is -0.494 e. The molecule has 0 bridgehead atoms. The molecule has 0 fully saturated rings. The Morgan fingerprint density at radius 1 is 0.696 bits per heavy atom. The van der Waals surface area contributed by atoms with Gasteiger partial charge in [0.05, 0.1) is 6.61 Å². The van der Waals surface area contributed by atoms with Crippen molar-refractivity contribution in [1.82, 2.24) is 0 Å². The number of carbonyl (C=O) groups is 2. The molecule has 0 saturated heterocycles. The highest BCUT2D eigenvalue weighted by molar-refractivity contribution is 6.04. The molecule has 0 aromatic heterocycles. The van der Waals surface area contributed by atoms with E-state index >= 15 is 0 Å². The van der Waals surface area contributed by atoms with Crippen molar-refractivity contribution in [2.45, 2.75) is 115 Å². The molecule has 0 radical (unpaired) electrons. The lowest BCUT2D eigenvalue weighted by Crippen LogP contribution is -2.57. The first-order chi connectivity index (χ1) is 22.4. The highest BCUT2D eigenvalue weighted by Gasteiger charge is 2.45. The maximum Gasteiger partial charge on any atom is 0.338 e. The van der Waals surface area contributed by atoms with Crippen molar-refractivity contribution in [3.8, 4) is 16.9 Å². The Morgan fingerprint density at radius 2 is 1.17 bits per heavy atom. The number of carbonyl (C=O) groups excluding carboxylic acids is 1. The number of unbranched alkanes of at least 4 members (excludes halogenated alkanes) is 13. The maximum absolute atomic E-state index is 13.2. The summed E-state index contributed by atoms with van der Waals surface area (Å²) in [7, 11) is 0. The maximum atomic E-state index is 13.2. The van der Waals surface area contributed by atoms with Crippen molar-refractivity contribution < 1.29 is 24.2 Å². The lowest BCUT2D eigenvalue weighted by Gasteiger charge is -2.24. The minimum absolute atomic E-state index is 0.0190. The van der Waals surface area contributed by atoms with E-state index in [0.29, 0.717) is 12.2 Å². The average Bonchev–Trinajstić information content (AvgIpc) is 3.39. The van der Waals surface area contributed by atoms with Gasteiger partial charge in [0.25, 0.3) is 0 Å². The third-order valence-corrected chi connectivity index (χ3v) is 9.26. The highest BCUT2D eigenvalue weighted by atomic mass is 16.5. The first-order valence-corrected chi connectivity index (χ1v) is 17.5. The molecule has 4 rings (SSSR count). The third-order valence-electron chi connectivity index (χ3n) is 9.26. The number of ether oxygens (including phenoxy) is 2. The molecular formula is C40H53NO5. The van der Waals surface area contributed by atoms with E-state index in [1.165, 1.54) is 77.0 Å². The van der Waals surface area contributed by atoms with E-state index < -0.39 is 17.5 Å². The smallest absolute Gasteiger partial charge is 0.338 e. The van der Waals surface area contributed by atoms with E-state index in [1.807, 2.05) is 48.5 Å². The average molecular weight is 628 g/mol. The van der Waals surface area contributed by atoms with Crippen LogP contribution in [0.3, 0.4) is 0 Å². The highest BCUT2D eigenvalue weighted by Crippen LogP contribution is 2.44. The predicted molar refractivity (Wildman–Crippen MR) is 185 cm³/mol. The zero-order valence-corrected chi connectivity index (χ0v) is 27.7. The molecule has 6 heteroatoms. The van der Waals surface area contributed by atoms with Gasteiger partial charge in [-0.15, -0.1) is 0 Å². The Morgan fingerprint density at radius 3 is 1.67 bits per heavy atom. The Kier molecular flexibility index (Phi) is 14.2. The molecule has 3 aromatic rings. The van der Waals surface area contributed by atoms with Crippen molar-refractivity contribution >= 4 is 11.9 Å². The lowest BCUT2D eigenvalue weighted by atomic mass is 9.91. The van der Waals surface area contributed by atoms with Gasteiger partial charge in [-0.1, -0.05) is 151 Å². The minimum atomic E-state index is -2.20. The molecule has 0 heterocycles. The summed E-state index contributed by atoms with van der Waals surface area (Å²) in [6.07, 6.45) is 18.3. The predicted octanol–water partition coefficient (Wildman–Crippen LogP) is 9.23. The van der Waals surface area contributed by atoms with Gasteiger partial charge in [0.15, 0.2) is 0 Å². The number of aliphatic carboxylic acids is 1. The van der Waals surface area contributed by atoms with Crippen LogP contribution < -0.4 is 10.5 Å². The van der Waals surface area contributed by atoms with E-state index in [4.69, 9.17) is 15.2 Å². The molecule has 46 heavy (non-hydrogen) atoms. The number of hydrogen-bond donors (Lipinski definition) is 2. The zero-order chi connectivity index (χ0) is 32.6. The number of hydrogen-bond acceptors (Lipinski definition) is 5. The Labute approximate surface area is 275 Å². The van der Waals surface area contributed by atoms with E-state index in [-0.39, 0.29) is 18.9 Å². The van der Waals surface area contributed by atoms with Crippen molar-refractivity contribution in [2.24, 2.45) is 5.73 Å². The number of carboxylic acid groups (broad SMARTS) is 1. The Hall–Kier alpha value is -3.64. The number of benzene rings is 3. The number of rotatable bonds is 22. The summed E-state index contributed by atoms with van der Waals surface area (Å²) in [4.78, 5) is 25.4. The summed E-state index contributed by atoms with van der Waals surface area (Å²) in [5.74, 6) is -1.81. The molecule has 0 spiro atoms. The van der Waals surface area contributed by atoms with Crippen LogP contribution in [0.15, 0.2) is 72.8 Å². The second-order valence-corrected chi connectivity index (χ2v) is 12.9. The largest absolute Gasteiger partial charge is 0.494 e. The van der Waals surface area contributed by atoms with Crippen LogP contribution in [-0.4, -0.2) is 35.8 Å². The molecule has 6 nitrogen and oxygen atoms in total. The number of nitrogens with two attached hydrogens (primary N) is 1. The first kappa shape index (κ1) is 35.2. The normalized spacial score (nSPS) is 13.5. The van der Waals surface area contributed by atoms with Crippen molar-refractivity contribution in [3.63, 3.8) is 0 Å². The molecule has 1 aliphatic rings. The van der Waals surface area contributed by atoms with Gasteiger partial charge >= 0.3 is 11.9 Å². The Balaban J connectivity index is 1.14. The third kappa shape index (κ3) is 9.93. The summed E-state index contributed by atoms with van der Waals surface area (Å²) >= 11 is 0. The number of fused-ring (bicyclic) bond motifs is 3. The molecule has 3 N–H and O–H groups in total. The SMILES string of the molecule is CCCCCCCCCCCCCCCCOc1ccc(C[C@](N)(C(=O)O)C(=O)OCC2c3ccccc3-c3ccccc32)cc1. The summed E-state index contributed by atoms with van der Waals surface area (Å²) < 4.78 is 11.5. The Bertz CT molecular complexity index is 1320. The van der Waals surface area contributed by atoms with Gasteiger partial charge in [0.2, 0.25) is 5.54 Å². The van der Waals surface area contributed by atoms with E-state index in [1.54, 1.807) is 24.3 Å². The van der Waals surface area contributed by atoms with Gasteiger partial charge in [-0.25, -0.2) is 9.59 Å². The first-order valence-electron chi connectivity index (χ1n) is 17.5. The van der Waals surface area contributed by atoms with Crippen LogP contribution in [-0.2, 0) is 20.7 Å². The van der Waals surface area contributed by atoms with Crippen LogP contribution in [0.5, 0.6) is 5.75 Å². The van der Waals surface area contributed by atoms with Crippen molar-refractivity contribution in [1.29, 1.82) is 0 Å². The van der Waals surface area contributed by atoms with Crippen LogP contribution in [0.2, 0.25) is 0 Å². The number of esters is 1. The molecule has 1 aliphatic carbocycles. The standard InChI is InChI=1S/C40H53NO5/c1-2-3-4-5-6-7-8-9-10-11-12-13-14-19-28-45-32-26-24-31(25-27-32)29-40(41,38(42)43)39(44)46-30-37-35-22-17-15-20-33(35)34-21-16-18-23-36(34)37/h15-18,20-27,37H,2-14,19,28-30,41H2,1H3,(H,42,43)/t40-/m0/s1. The molecular weight excluding hydrogens is 574 g/mol. The monoisotopic (exact) mass is 627 g/mol. The van der Waals surface area contributed by atoms with Gasteiger partial charge < -0.3 is 20.3 Å². The van der Waals surface area contributed by atoms with Crippen LogP contribution in [0.4, 0.5) is 0 Å². The lowest BCUT2D eigenvalue weighted by molar-refractivity contribution is -0.161. The van der Waals surface area contributed by atoms with E-state index in [0.717, 1.165) is 40.8 Å². The molecule has 248 valence electrons. The van der Waals surface area contributed by atoms with Gasteiger partial charge in [0.1, 0.15) is 12.4 Å². The van der Waals surface area contributed by atoms with E-state index in [2.05, 4.69) is 6.92 Å². The van der Waals surface area contributed by atoms with E-state index in [9.17, 15) is 14.7 Å². The second kappa shape index (κ2) is 18.5. The summed E-state index contributed by atoms with van der Waals surface area (Å²) in [5.41, 5.74) is 8.96. The molecule has 0 amide bonds. The molecule has 1 atom stereocenters. The van der Waals surface area contributed by atoms with Gasteiger partial charge in [-0.05, 0) is 46.4 Å². The van der Waals surface area contributed by atoms with Gasteiger partial charge in [0, 0.05) is 12.3 Å². The van der Waals surface area contributed by atoms with Crippen molar-refractivity contribution in [3.05, 3.63) is 89.5 Å². The van der Waals surface area contributed by atoms with Crippen LogP contribution in [0, 0.1) is 0 Å².